The molecule has 0 amide bonds. The highest BCUT2D eigenvalue weighted by Crippen LogP contribution is 2.15. The van der Waals surface area contributed by atoms with Crippen LogP contribution in [0.15, 0.2) is 12.7 Å². The standard InChI is InChI=1S/C8H14O.Al.3H/c1-2-5-8-6-3-4-7-9-8;;;;/h2,8H,1,3-7H2;;;;. The van der Waals surface area contributed by atoms with Gasteiger partial charge in [0.1, 0.15) is 0 Å². The molecule has 1 heterocycles. The zero-order valence-electron chi connectivity index (χ0n) is 5.81. The van der Waals surface area contributed by atoms with Gasteiger partial charge in [0.25, 0.3) is 0 Å². The molecule has 10 heavy (non-hydrogen) atoms. The molecule has 0 spiro atoms. The molecule has 1 aliphatic heterocycles. The van der Waals surface area contributed by atoms with E-state index in [0.29, 0.717) is 6.10 Å². The molecule has 1 nitrogen and oxygen atoms in total. The molecule has 1 fully saturated rings. The summed E-state index contributed by atoms with van der Waals surface area (Å²) in [7, 11) is 0. The van der Waals surface area contributed by atoms with Crippen LogP contribution in [0.5, 0.6) is 0 Å². The summed E-state index contributed by atoms with van der Waals surface area (Å²) in [5.41, 5.74) is 0. The van der Waals surface area contributed by atoms with Gasteiger partial charge in [-0.1, -0.05) is 6.08 Å². The van der Waals surface area contributed by atoms with E-state index in [1.165, 1.54) is 19.3 Å². The Bertz CT molecular complexity index is 87.3. The lowest BCUT2D eigenvalue weighted by molar-refractivity contribution is 0.0185. The highest BCUT2D eigenvalue weighted by atomic mass is 27.0. The fraction of sp³-hybridized carbons (Fsp3) is 0.750. The van der Waals surface area contributed by atoms with Crippen molar-refractivity contribution in [1.29, 1.82) is 0 Å². The molecule has 0 bridgehead atoms. The predicted molar refractivity (Wildman–Crippen MR) is 48.3 cm³/mol. The summed E-state index contributed by atoms with van der Waals surface area (Å²) in [5.74, 6) is 0. The van der Waals surface area contributed by atoms with Crippen LogP contribution in [0.3, 0.4) is 0 Å². The average Bonchev–Trinajstić information content (AvgIpc) is 1.91. The van der Waals surface area contributed by atoms with Gasteiger partial charge in [0, 0.05) is 6.61 Å². The lowest BCUT2D eigenvalue weighted by atomic mass is 10.1. The van der Waals surface area contributed by atoms with Crippen LogP contribution in [0.1, 0.15) is 25.7 Å². The lowest BCUT2D eigenvalue weighted by Crippen LogP contribution is -2.17. The van der Waals surface area contributed by atoms with Crippen LogP contribution in [0, 0.1) is 0 Å². The van der Waals surface area contributed by atoms with Crippen molar-refractivity contribution in [3.05, 3.63) is 12.7 Å². The Hall–Kier alpha value is 0.232. The third kappa shape index (κ3) is 3.41. The predicted octanol–water partition coefficient (Wildman–Crippen LogP) is 0.948. The first-order valence-corrected chi connectivity index (χ1v) is 3.66. The zero-order chi connectivity index (χ0) is 6.53. The van der Waals surface area contributed by atoms with Gasteiger partial charge in [-0.3, -0.25) is 0 Å². The average molecular weight is 156 g/mol. The Morgan fingerprint density at radius 2 is 2.30 bits per heavy atom. The molecule has 58 valence electrons. The molecule has 0 aromatic heterocycles. The van der Waals surface area contributed by atoms with E-state index in [-0.39, 0.29) is 17.4 Å². The van der Waals surface area contributed by atoms with Gasteiger partial charge in [-0.25, -0.2) is 0 Å². The molecular formula is C8H17AlO. The van der Waals surface area contributed by atoms with E-state index in [0.717, 1.165) is 13.0 Å². The highest BCUT2D eigenvalue weighted by Gasteiger charge is 2.10. The number of ether oxygens (including phenoxy) is 1. The molecule has 1 saturated heterocycles. The van der Waals surface area contributed by atoms with Crippen LogP contribution in [0.2, 0.25) is 0 Å². The van der Waals surface area contributed by atoms with Crippen molar-refractivity contribution in [1.82, 2.24) is 0 Å². The minimum absolute atomic E-state index is 0. The summed E-state index contributed by atoms with van der Waals surface area (Å²) < 4.78 is 5.45. The summed E-state index contributed by atoms with van der Waals surface area (Å²) in [6, 6.07) is 0. The molecular weight excluding hydrogens is 139 g/mol. The minimum atomic E-state index is 0. The summed E-state index contributed by atoms with van der Waals surface area (Å²) in [6.07, 6.45) is 7.25. The number of rotatable bonds is 2. The zero-order valence-corrected chi connectivity index (χ0v) is 5.81. The lowest BCUT2D eigenvalue weighted by Gasteiger charge is -2.20. The molecule has 0 saturated carbocycles. The van der Waals surface area contributed by atoms with E-state index in [2.05, 4.69) is 6.58 Å². The SMILES string of the molecule is C=CCC1CCCCO1.[AlH3]. The smallest absolute Gasteiger partial charge is 0.187 e. The van der Waals surface area contributed by atoms with Crippen molar-refractivity contribution in [2.24, 2.45) is 0 Å². The molecule has 1 unspecified atom stereocenters. The van der Waals surface area contributed by atoms with Crippen LogP contribution in [-0.4, -0.2) is 30.1 Å². The van der Waals surface area contributed by atoms with Gasteiger partial charge in [-0.2, -0.15) is 0 Å². The third-order valence-electron chi connectivity index (χ3n) is 1.70. The first-order valence-electron chi connectivity index (χ1n) is 3.66. The fourth-order valence-electron chi connectivity index (χ4n) is 1.18. The van der Waals surface area contributed by atoms with Gasteiger partial charge >= 0.3 is 0 Å². The summed E-state index contributed by atoms with van der Waals surface area (Å²) in [5, 5.41) is 0. The van der Waals surface area contributed by atoms with Crippen LogP contribution in [-0.2, 0) is 4.74 Å². The molecule has 0 N–H and O–H groups in total. The molecule has 1 aliphatic rings. The van der Waals surface area contributed by atoms with Gasteiger partial charge < -0.3 is 4.74 Å². The van der Waals surface area contributed by atoms with E-state index in [1.54, 1.807) is 0 Å². The quantitative estimate of drug-likeness (QED) is 0.427. The Kier molecular flexibility index (Phi) is 6.12. The Morgan fingerprint density at radius 1 is 1.50 bits per heavy atom. The van der Waals surface area contributed by atoms with Crippen molar-refractivity contribution in [3.63, 3.8) is 0 Å². The van der Waals surface area contributed by atoms with Crippen molar-refractivity contribution >= 4 is 17.4 Å². The van der Waals surface area contributed by atoms with Crippen molar-refractivity contribution in [2.45, 2.75) is 31.8 Å². The first kappa shape index (κ1) is 10.2. The fourth-order valence-corrected chi connectivity index (χ4v) is 1.18. The molecule has 1 rings (SSSR count). The summed E-state index contributed by atoms with van der Waals surface area (Å²) >= 11 is 0. The molecule has 0 radical (unpaired) electrons. The maximum atomic E-state index is 5.45. The second-order valence-electron chi connectivity index (χ2n) is 2.51. The first-order chi connectivity index (χ1) is 4.43. The summed E-state index contributed by atoms with van der Waals surface area (Å²) in [4.78, 5) is 0. The maximum Gasteiger partial charge on any atom is 0.187 e. The third-order valence-corrected chi connectivity index (χ3v) is 1.70. The van der Waals surface area contributed by atoms with Crippen LogP contribution >= 0.6 is 0 Å². The van der Waals surface area contributed by atoms with Crippen LogP contribution in [0.25, 0.3) is 0 Å². The Labute approximate surface area is 73.6 Å². The maximum absolute atomic E-state index is 5.45. The van der Waals surface area contributed by atoms with E-state index < -0.39 is 0 Å². The molecule has 0 aromatic carbocycles. The van der Waals surface area contributed by atoms with Gasteiger partial charge in [-0.05, 0) is 25.7 Å². The van der Waals surface area contributed by atoms with Gasteiger partial charge in [-0.15, -0.1) is 6.58 Å². The Balaban J connectivity index is 0.000000810. The molecule has 2 heteroatoms. The largest absolute Gasteiger partial charge is 0.378 e. The second-order valence-corrected chi connectivity index (χ2v) is 2.51. The molecule has 0 aliphatic carbocycles. The highest BCUT2D eigenvalue weighted by molar-refractivity contribution is 5.75. The number of hydrogen-bond donors (Lipinski definition) is 0. The van der Waals surface area contributed by atoms with Crippen molar-refractivity contribution < 1.29 is 4.74 Å². The minimum Gasteiger partial charge on any atom is -0.378 e. The molecule has 1 atom stereocenters. The van der Waals surface area contributed by atoms with Crippen molar-refractivity contribution in [2.75, 3.05) is 6.61 Å². The van der Waals surface area contributed by atoms with Gasteiger partial charge in [0.05, 0.1) is 6.10 Å². The van der Waals surface area contributed by atoms with Crippen LogP contribution < -0.4 is 0 Å². The van der Waals surface area contributed by atoms with E-state index in [9.17, 15) is 0 Å². The summed E-state index contributed by atoms with van der Waals surface area (Å²) in [6.45, 7) is 4.63. The second kappa shape index (κ2) is 5.98. The molecule has 0 aromatic rings. The number of hydrogen-bond acceptors (Lipinski definition) is 1. The topological polar surface area (TPSA) is 9.23 Å². The normalized spacial score (nSPS) is 25.0. The van der Waals surface area contributed by atoms with Crippen LogP contribution in [0.4, 0.5) is 0 Å². The van der Waals surface area contributed by atoms with Gasteiger partial charge in [0.2, 0.25) is 0 Å². The van der Waals surface area contributed by atoms with E-state index in [4.69, 9.17) is 4.74 Å². The Morgan fingerprint density at radius 3 is 2.80 bits per heavy atom. The van der Waals surface area contributed by atoms with Gasteiger partial charge in [0.15, 0.2) is 17.4 Å². The van der Waals surface area contributed by atoms with Crippen molar-refractivity contribution in [3.8, 4) is 0 Å². The monoisotopic (exact) mass is 156 g/mol. The van der Waals surface area contributed by atoms with E-state index >= 15 is 0 Å². The van der Waals surface area contributed by atoms with E-state index in [1.807, 2.05) is 6.08 Å².